The van der Waals surface area contributed by atoms with Gasteiger partial charge in [-0.3, -0.25) is 0 Å². The minimum absolute atomic E-state index is 0.0725. The summed E-state index contributed by atoms with van der Waals surface area (Å²) in [6, 6.07) is 0. The van der Waals surface area contributed by atoms with Crippen molar-refractivity contribution in [1.82, 2.24) is 0 Å². The lowest BCUT2D eigenvalue weighted by Gasteiger charge is -2.18. The molecule has 0 bridgehead atoms. The molecule has 0 aromatic carbocycles. The molecule has 0 atom stereocenters. The number of hydrogen-bond acceptors (Lipinski definition) is 1. The van der Waals surface area contributed by atoms with Gasteiger partial charge in [0.25, 0.3) is 0 Å². The van der Waals surface area contributed by atoms with Crippen LogP contribution in [-0.4, -0.2) is 6.21 Å². The largest absolute Gasteiger partial charge is 0.308 e. The summed E-state index contributed by atoms with van der Waals surface area (Å²) in [5, 5.41) is 7.27. The van der Waals surface area contributed by atoms with E-state index < -0.39 is 0 Å². The van der Waals surface area contributed by atoms with Crippen LogP contribution < -0.4 is 0 Å². The summed E-state index contributed by atoms with van der Waals surface area (Å²) >= 11 is 0. The summed E-state index contributed by atoms with van der Waals surface area (Å²) in [5.74, 6) is 0.572. The van der Waals surface area contributed by atoms with E-state index in [0.717, 1.165) is 5.57 Å². The standard InChI is InChI=1S/C12H21N/c1-10(2)7-6-8-11(9-13)12(3,4)5/h6-10,13H,1-5H3/b7-6-,11-8+,13-9?. The summed E-state index contributed by atoms with van der Waals surface area (Å²) in [5.41, 5.74) is 1.13. The maximum Gasteiger partial charge on any atom is 0.0215 e. The highest BCUT2D eigenvalue weighted by Crippen LogP contribution is 2.23. The fourth-order valence-electron chi connectivity index (χ4n) is 0.896. The summed E-state index contributed by atoms with van der Waals surface area (Å²) in [4.78, 5) is 0. The van der Waals surface area contributed by atoms with Gasteiger partial charge in [0.15, 0.2) is 0 Å². The SMILES string of the molecule is CC(C)/C=C\C=C(/C=N)C(C)(C)C. The maximum atomic E-state index is 7.27. The van der Waals surface area contributed by atoms with E-state index >= 15 is 0 Å². The third-order valence-electron chi connectivity index (χ3n) is 1.79. The molecule has 0 aliphatic heterocycles. The Morgan fingerprint density at radius 2 is 1.77 bits per heavy atom. The first kappa shape index (κ1) is 12.2. The van der Waals surface area contributed by atoms with Crippen LogP contribution in [0.5, 0.6) is 0 Å². The number of rotatable bonds is 3. The van der Waals surface area contributed by atoms with E-state index in [0.29, 0.717) is 5.92 Å². The minimum atomic E-state index is 0.0725. The van der Waals surface area contributed by atoms with Crippen molar-refractivity contribution in [2.24, 2.45) is 11.3 Å². The van der Waals surface area contributed by atoms with Crippen LogP contribution in [-0.2, 0) is 0 Å². The molecule has 0 fully saturated rings. The van der Waals surface area contributed by atoms with Crippen LogP contribution in [0.25, 0.3) is 0 Å². The first-order valence-electron chi connectivity index (χ1n) is 4.77. The summed E-state index contributed by atoms with van der Waals surface area (Å²) < 4.78 is 0. The highest BCUT2D eigenvalue weighted by molar-refractivity contribution is 5.77. The average Bonchev–Trinajstić information content (AvgIpc) is 1.95. The predicted molar refractivity (Wildman–Crippen MR) is 60.3 cm³/mol. The Labute approximate surface area is 82.1 Å². The fraction of sp³-hybridized carbons (Fsp3) is 0.583. The lowest BCUT2D eigenvalue weighted by atomic mass is 9.87. The van der Waals surface area contributed by atoms with Crippen molar-refractivity contribution in [3.05, 3.63) is 23.8 Å². The Balaban J connectivity index is 4.51. The van der Waals surface area contributed by atoms with Crippen molar-refractivity contribution < 1.29 is 0 Å². The molecule has 1 N–H and O–H groups in total. The lowest BCUT2D eigenvalue weighted by molar-refractivity contribution is 0.526. The molecule has 0 aliphatic rings. The molecule has 0 radical (unpaired) electrons. The molecule has 0 spiro atoms. The Morgan fingerprint density at radius 3 is 2.08 bits per heavy atom. The molecule has 0 unspecified atom stereocenters. The van der Waals surface area contributed by atoms with Crippen LogP contribution in [0.15, 0.2) is 23.8 Å². The Kier molecular flexibility index (Phi) is 4.68. The molecule has 0 amide bonds. The van der Waals surface area contributed by atoms with Gasteiger partial charge >= 0.3 is 0 Å². The first-order chi connectivity index (χ1) is 5.88. The predicted octanol–water partition coefficient (Wildman–Crippen LogP) is 3.82. The van der Waals surface area contributed by atoms with Gasteiger partial charge in [-0.2, -0.15) is 0 Å². The van der Waals surface area contributed by atoms with E-state index in [1.165, 1.54) is 6.21 Å². The van der Waals surface area contributed by atoms with Gasteiger partial charge in [-0.1, -0.05) is 52.8 Å². The summed E-state index contributed by atoms with van der Waals surface area (Å²) in [6.45, 7) is 10.6. The maximum absolute atomic E-state index is 7.27. The van der Waals surface area contributed by atoms with E-state index in [1.807, 2.05) is 12.2 Å². The third kappa shape index (κ3) is 5.40. The second-order valence-corrected chi connectivity index (χ2v) is 4.65. The van der Waals surface area contributed by atoms with Crippen molar-refractivity contribution >= 4 is 6.21 Å². The Bertz CT molecular complexity index is 214. The van der Waals surface area contributed by atoms with Crippen LogP contribution in [0, 0.1) is 16.7 Å². The molecule has 0 aromatic heterocycles. The quantitative estimate of drug-likeness (QED) is 0.503. The molecule has 0 saturated heterocycles. The van der Waals surface area contributed by atoms with E-state index in [9.17, 15) is 0 Å². The molecule has 0 saturated carbocycles. The van der Waals surface area contributed by atoms with Gasteiger partial charge in [0.05, 0.1) is 0 Å². The topological polar surface area (TPSA) is 23.9 Å². The van der Waals surface area contributed by atoms with Crippen molar-refractivity contribution in [3.8, 4) is 0 Å². The van der Waals surface area contributed by atoms with Gasteiger partial charge in [0, 0.05) is 6.21 Å². The van der Waals surface area contributed by atoms with Crippen molar-refractivity contribution in [2.45, 2.75) is 34.6 Å². The lowest BCUT2D eigenvalue weighted by Crippen LogP contribution is -2.09. The van der Waals surface area contributed by atoms with Gasteiger partial charge in [0.2, 0.25) is 0 Å². The normalized spacial score (nSPS) is 14.2. The summed E-state index contributed by atoms with van der Waals surface area (Å²) in [6.07, 6.45) is 7.63. The van der Waals surface area contributed by atoms with Crippen LogP contribution in [0.3, 0.4) is 0 Å². The molecular weight excluding hydrogens is 158 g/mol. The smallest absolute Gasteiger partial charge is 0.0215 e. The fourth-order valence-corrected chi connectivity index (χ4v) is 0.896. The van der Waals surface area contributed by atoms with Gasteiger partial charge in [-0.25, -0.2) is 0 Å². The zero-order chi connectivity index (χ0) is 10.5. The van der Waals surface area contributed by atoms with E-state index in [2.05, 4.69) is 40.7 Å². The van der Waals surface area contributed by atoms with Gasteiger partial charge in [-0.15, -0.1) is 0 Å². The van der Waals surface area contributed by atoms with Crippen LogP contribution in [0.1, 0.15) is 34.6 Å². The van der Waals surface area contributed by atoms with Crippen LogP contribution in [0.4, 0.5) is 0 Å². The van der Waals surface area contributed by atoms with Crippen molar-refractivity contribution in [1.29, 1.82) is 5.41 Å². The summed E-state index contributed by atoms with van der Waals surface area (Å²) in [7, 11) is 0. The molecule has 13 heavy (non-hydrogen) atoms. The highest BCUT2D eigenvalue weighted by Gasteiger charge is 2.13. The van der Waals surface area contributed by atoms with Crippen molar-refractivity contribution in [2.75, 3.05) is 0 Å². The number of allylic oxidation sites excluding steroid dienone is 4. The average molecular weight is 179 g/mol. The molecule has 0 heterocycles. The van der Waals surface area contributed by atoms with Gasteiger partial charge in [0.1, 0.15) is 0 Å². The van der Waals surface area contributed by atoms with Crippen LogP contribution in [0.2, 0.25) is 0 Å². The van der Waals surface area contributed by atoms with E-state index in [1.54, 1.807) is 0 Å². The van der Waals surface area contributed by atoms with E-state index in [-0.39, 0.29) is 5.41 Å². The zero-order valence-electron chi connectivity index (χ0n) is 9.39. The highest BCUT2D eigenvalue weighted by atomic mass is 14.4. The number of nitrogens with one attached hydrogen (secondary N) is 1. The van der Waals surface area contributed by atoms with Gasteiger partial charge in [-0.05, 0) is 16.9 Å². The van der Waals surface area contributed by atoms with Crippen molar-refractivity contribution in [3.63, 3.8) is 0 Å². The molecule has 1 nitrogen and oxygen atoms in total. The Morgan fingerprint density at radius 1 is 1.23 bits per heavy atom. The molecule has 0 aliphatic carbocycles. The molecule has 1 heteroatoms. The minimum Gasteiger partial charge on any atom is -0.308 e. The second-order valence-electron chi connectivity index (χ2n) is 4.65. The Hall–Kier alpha value is -0.850. The van der Waals surface area contributed by atoms with Crippen LogP contribution >= 0.6 is 0 Å². The molecule has 0 rings (SSSR count). The van der Waals surface area contributed by atoms with E-state index in [4.69, 9.17) is 5.41 Å². The second kappa shape index (κ2) is 5.00. The van der Waals surface area contributed by atoms with Gasteiger partial charge < -0.3 is 5.41 Å². The molecule has 0 aromatic rings. The number of hydrogen-bond donors (Lipinski definition) is 1. The molecule has 74 valence electrons. The zero-order valence-corrected chi connectivity index (χ0v) is 9.39. The third-order valence-corrected chi connectivity index (χ3v) is 1.79. The first-order valence-corrected chi connectivity index (χ1v) is 4.77. The monoisotopic (exact) mass is 179 g/mol. The molecular formula is C12H21N.